The monoisotopic (exact) mass is 204 g/mol. The fraction of sp³-hybridized carbons (Fsp3) is 0.300. The van der Waals surface area contributed by atoms with Crippen molar-refractivity contribution in [3.63, 3.8) is 0 Å². The van der Waals surface area contributed by atoms with Crippen LogP contribution in [-0.2, 0) is 0 Å². The van der Waals surface area contributed by atoms with Crippen molar-refractivity contribution in [1.82, 2.24) is 20.6 Å². The average Bonchev–Trinajstić information content (AvgIpc) is 2.71. The third-order valence-corrected chi connectivity index (χ3v) is 1.84. The molecule has 1 aromatic carbocycles. The maximum Gasteiger partial charge on any atom is 0.179 e. The molecule has 1 aromatic heterocycles. The summed E-state index contributed by atoms with van der Waals surface area (Å²) in [6.45, 7) is 3.99. The molecule has 0 unspecified atom stereocenters. The number of nitrogens with one attached hydrogen (secondary N) is 1. The standard InChI is InChI=1S/C10H12N4O/c1-7(2)15-9-5-3-8(4-6-9)10-11-13-14-12-10/h3-7H,1-2H3,(H,11,12,13,14). The average molecular weight is 204 g/mol. The summed E-state index contributed by atoms with van der Waals surface area (Å²) in [5.41, 5.74) is 0.941. The molecule has 2 rings (SSSR count). The first-order valence-corrected chi connectivity index (χ1v) is 4.76. The molecular weight excluding hydrogens is 192 g/mol. The molecule has 0 saturated carbocycles. The number of H-pyrrole nitrogens is 1. The van der Waals surface area contributed by atoms with Crippen molar-refractivity contribution < 1.29 is 4.74 Å². The van der Waals surface area contributed by atoms with Gasteiger partial charge in [0.2, 0.25) is 0 Å². The van der Waals surface area contributed by atoms with Crippen LogP contribution in [0, 0.1) is 0 Å². The lowest BCUT2D eigenvalue weighted by Crippen LogP contribution is -2.05. The van der Waals surface area contributed by atoms with Crippen molar-refractivity contribution in [2.45, 2.75) is 20.0 Å². The molecule has 5 heteroatoms. The highest BCUT2D eigenvalue weighted by molar-refractivity contribution is 5.54. The second kappa shape index (κ2) is 4.08. The third kappa shape index (κ3) is 2.31. The number of hydrogen-bond donors (Lipinski definition) is 1. The maximum absolute atomic E-state index is 5.52. The largest absolute Gasteiger partial charge is 0.491 e. The van der Waals surface area contributed by atoms with Crippen molar-refractivity contribution in [2.75, 3.05) is 0 Å². The Morgan fingerprint density at radius 1 is 1.20 bits per heavy atom. The van der Waals surface area contributed by atoms with Crippen LogP contribution in [0.3, 0.4) is 0 Å². The number of benzene rings is 1. The minimum absolute atomic E-state index is 0.183. The number of aromatic amines is 1. The molecule has 1 heterocycles. The lowest BCUT2D eigenvalue weighted by molar-refractivity contribution is 0.242. The number of aromatic nitrogens is 4. The first kappa shape index (κ1) is 9.64. The second-order valence-electron chi connectivity index (χ2n) is 3.44. The minimum Gasteiger partial charge on any atom is -0.491 e. The molecule has 15 heavy (non-hydrogen) atoms. The van der Waals surface area contributed by atoms with Crippen molar-refractivity contribution in [1.29, 1.82) is 0 Å². The molecule has 78 valence electrons. The Hall–Kier alpha value is -1.91. The predicted molar refractivity (Wildman–Crippen MR) is 55.4 cm³/mol. The first-order valence-electron chi connectivity index (χ1n) is 4.76. The fourth-order valence-corrected chi connectivity index (χ4v) is 1.24. The molecule has 0 radical (unpaired) electrons. The molecule has 0 spiro atoms. The molecule has 0 aliphatic carbocycles. The lowest BCUT2D eigenvalue weighted by Gasteiger charge is -2.09. The summed E-state index contributed by atoms with van der Waals surface area (Å²) in [5.74, 6) is 1.51. The Balaban J connectivity index is 2.17. The molecule has 0 aliphatic heterocycles. The first-order chi connectivity index (χ1) is 7.25. The highest BCUT2D eigenvalue weighted by Gasteiger charge is 2.02. The molecule has 2 aromatic rings. The molecule has 0 saturated heterocycles. The van der Waals surface area contributed by atoms with Crippen molar-refractivity contribution >= 4 is 0 Å². The van der Waals surface area contributed by atoms with Gasteiger partial charge in [-0.3, -0.25) is 0 Å². The van der Waals surface area contributed by atoms with E-state index in [1.54, 1.807) is 0 Å². The van der Waals surface area contributed by atoms with E-state index in [0.717, 1.165) is 11.3 Å². The Kier molecular flexibility index (Phi) is 2.62. The van der Waals surface area contributed by atoms with E-state index in [2.05, 4.69) is 20.6 Å². The van der Waals surface area contributed by atoms with E-state index in [0.29, 0.717) is 5.82 Å². The quantitative estimate of drug-likeness (QED) is 0.825. The van der Waals surface area contributed by atoms with Crippen LogP contribution in [0.5, 0.6) is 5.75 Å². The molecule has 0 bridgehead atoms. The van der Waals surface area contributed by atoms with Gasteiger partial charge in [0, 0.05) is 5.56 Å². The lowest BCUT2D eigenvalue weighted by atomic mass is 10.2. The predicted octanol–water partition coefficient (Wildman–Crippen LogP) is 1.65. The van der Waals surface area contributed by atoms with Crippen LogP contribution >= 0.6 is 0 Å². The highest BCUT2D eigenvalue weighted by atomic mass is 16.5. The van der Waals surface area contributed by atoms with Gasteiger partial charge in [0.1, 0.15) is 5.75 Å². The summed E-state index contributed by atoms with van der Waals surface area (Å²) in [4.78, 5) is 0. The van der Waals surface area contributed by atoms with Gasteiger partial charge in [-0.2, -0.15) is 0 Å². The summed E-state index contributed by atoms with van der Waals surface area (Å²) in [5, 5.41) is 13.6. The van der Waals surface area contributed by atoms with E-state index in [4.69, 9.17) is 4.74 Å². The van der Waals surface area contributed by atoms with Crippen molar-refractivity contribution in [2.24, 2.45) is 0 Å². The normalized spacial score (nSPS) is 10.6. The fourth-order valence-electron chi connectivity index (χ4n) is 1.24. The second-order valence-corrected chi connectivity index (χ2v) is 3.44. The van der Waals surface area contributed by atoms with Gasteiger partial charge in [-0.25, -0.2) is 5.10 Å². The van der Waals surface area contributed by atoms with Gasteiger partial charge in [-0.15, -0.1) is 5.10 Å². The Bertz CT molecular complexity index is 407. The number of ether oxygens (including phenoxy) is 1. The number of nitrogens with zero attached hydrogens (tertiary/aromatic N) is 3. The SMILES string of the molecule is CC(C)Oc1ccc(-c2nnn[nH]2)cc1. The van der Waals surface area contributed by atoms with Crippen LogP contribution in [0.1, 0.15) is 13.8 Å². The molecule has 1 N–H and O–H groups in total. The van der Waals surface area contributed by atoms with Gasteiger partial charge in [0.25, 0.3) is 0 Å². The van der Waals surface area contributed by atoms with Gasteiger partial charge in [-0.05, 0) is 48.5 Å². The van der Waals surface area contributed by atoms with Crippen LogP contribution in [0.15, 0.2) is 24.3 Å². The number of rotatable bonds is 3. The minimum atomic E-state index is 0.183. The van der Waals surface area contributed by atoms with Gasteiger partial charge in [0.15, 0.2) is 5.82 Å². The molecule has 0 aliphatic rings. The Labute approximate surface area is 87.5 Å². The zero-order valence-corrected chi connectivity index (χ0v) is 8.64. The van der Waals surface area contributed by atoms with E-state index >= 15 is 0 Å². The number of hydrogen-bond acceptors (Lipinski definition) is 4. The smallest absolute Gasteiger partial charge is 0.179 e. The molecule has 0 amide bonds. The van der Waals surface area contributed by atoms with Crippen LogP contribution in [0.25, 0.3) is 11.4 Å². The molecular formula is C10H12N4O. The van der Waals surface area contributed by atoms with Crippen LogP contribution in [0.2, 0.25) is 0 Å². The number of tetrazole rings is 1. The Morgan fingerprint density at radius 3 is 2.47 bits per heavy atom. The van der Waals surface area contributed by atoms with Gasteiger partial charge in [-0.1, -0.05) is 0 Å². The van der Waals surface area contributed by atoms with E-state index in [-0.39, 0.29) is 6.10 Å². The highest BCUT2D eigenvalue weighted by Crippen LogP contribution is 2.18. The molecule has 0 fully saturated rings. The molecule has 0 atom stereocenters. The summed E-state index contributed by atoms with van der Waals surface area (Å²) < 4.78 is 5.52. The summed E-state index contributed by atoms with van der Waals surface area (Å²) in [6, 6.07) is 7.63. The zero-order valence-electron chi connectivity index (χ0n) is 8.64. The zero-order chi connectivity index (χ0) is 10.7. The Morgan fingerprint density at radius 2 is 1.93 bits per heavy atom. The van der Waals surface area contributed by atoms with E-state index < -0.39 is 0 Å². The van der Waals surface area contributed by atoms with E-state index in [1.807, 2.05) is 38.1 Å². The van der Waals surface area contributed by atoms with Gasteiger partial charge >= 0.3 is 0 Å². The van der Waals surface area contributed by atoms with Crippen LogP contribution < -0.4 is 4.74 Å². The maximum atomic E-state index is 5.52. The third-order valence-electron chi connectivity index (χ3n) is 1.84. The van der Waals surface area contributed by atoms with Gasteiger partial charge in [0.05, 0.1) is 6.10 Å². The summed E-state index contributed by atoms with van der Waals surface area (Å²) >= 11 is 0. The topological polar surface area (TPSA) is 63.7 Å². The van der Waals surface area contributed by atoms with E-state index in [1.165, 1.54) is 0 Å². The van der Waals surface area contributed by atoms with Crippen molar-refractivity contribution in [3.8, 4) is 17.1 Å². The van der Waals surface area contributed by atoms with Crippen LogP contribution in [0.4, 0.5) is 0 Å². The van der Waals surface area contributed by atoms with Crippen LogP contribution in [-0.4, -0.2) is 26.7 Å². The molecule has 5 nitrogen and oxygen atoms in total. The summed E-state index contributed by atoms with van der Waals surface area (Å²) in [7, 11) is 0. The summed E-state index contributed by atoms with van der Waals surface area (Å²) in [6.07, 6.45) is 0.183. The van der Waals surface area contributed by atoms with E-state index in [9.17, 15) is 0 Å². The van der Waals surface area contributed by atoms with Crippen molar-refractivity contribution in [3.05, 3.63) is 24.3 Å². The van der Waals surface area contributed by atoms with Gasteiger partial charge < -0.3 is 4.74 Å².